The number of nitrogens with one attached hydrogen (secondary N) is 1. The van der Waals surface area contributed by atoms with Gasteiger partial charge in [-0.25, -0.2) is 4.98 Å². The molecule has 42 heavy (non-hydrogen) atoms. The van der Waals surface area contributed by atoms with E-state index in [4.69, 9.17) is 4.74 Å². The van der Waals surface area contributed by atoms with Crippen molar-refractivity contribution in [2.75, 3.05) is 31.6 Å². The second kappa shape index (κ2) is 13.5. The maximum atomic E-state index is 13.1. The molecule has 226 valence electrons. The second-order valence-electron chi connectivity index (χ2n) is 11.1. The topological polar surface area (TPSA) is 70.6 Å². The summed E-state index contributed by atoms with van der Waals surface area (Å²) in [6.45, 7) is 10.3. The predicted octanol–water partition coefficient (Wildman–Crippen LogP) is 6.11. The summed E-state index contributed by atoms with van der Waals surface area (Å²) >= 11 is 0. The zero-order valence-corrected chi connectivity index (χ0v) is 25.0. The number of halogens is 3. The van der Waals surface area contributed by atoms with Gasteiger partial charge in [-0.2, -0.15) is 13.2 Å². The van der Waals surface area contributed by atoms with Crippen LogP contribution in [0.2, 0.25) is 0 Å². The third kappa shape index (κ3) is 7.59. The van der Waals surface area contributed by atoms with E-state index >= 15 is 0 Å². The van der Waals surface area contributed by atoms with Crippen molar-refractivity contribution in [1.29, 1.82) is 0 Å². The van der Waals surface area contributed by atoms with E-state index in [0.29, 0.717) is 12.6 Å². The molecule has 0 bridgehead atoms. The van der Waals surface area contributed by atoms with E-state index in [1.54, 1.807) is 7.11 Å². The molecule has 1 fully saturated rings. The standard InChI is InChI=1S/C32H40F3N5O2/c1-21-10-14-36-19-25(21)20-40(26-6-8-28(42-5)9-7-26)27-12-16-39(17-13-27)23(3)11-15-37-31(41)30-22(2)18-29(32(33,34)35)38-24(30)4/h6-10,14,18-19,23,27H,11-13,15-17,20H2,1-5H3,(H,37,41). The second-order valence-corrected chi connectivity index (χ2v) is 11.1. The first-order valence-corrected chi connectivity index (χ1v) is 14.4. The zero-order valence-electron chi connectivity index (χ0n) is 25.0. The molecule has 1 atom stereocenters. The number of aryl methyl sites for hydroxylation is 3. The van der Waals surface area contributed by atoms with E-state index < -0.39 is 17.8 Å². The van der Waals surface area contributed by atoms with Crippen LogP contribution in [0.4, 0.5) is 18.9 Å². The molecule has 10 heteroatoms. The van der Waals surface area contributed by atoms with Crippen LogP contribution < -0.4 is 15.0 Å². The molecule has 0 spiro atoms. The first kappa shape index (κ1) is 31.3. The number of amides is 1. The molecule has 1 aromatic carbocycles. The number of hydrogen-bond donors (Lipinski definition) is 1. The fourth-order valence-corrected chi connectivity index (χ4v) is 5.67. The number of carbonyl (C=O) groups is 1. The lowest BCUT2D eigenvalue weighted by Crippen LogP contribution is -2.48. The van der Waals surface area contributed by atoms with Gasteiger partial charge in [0, 0.05) is 56.3 Å². The first-order chi connectivity index (χ1) is 20.0. The fourth-order valence-electron chi connectivity index (χ4n) is 5.67. The normalized spacial score (nSPS) is 15.3. The Kier molecular flexibility index (Phi) is 10.1. The Morgan fingerprint density at radius 1 is 1.12 bits per heavy atom. The van der Waals surface area contributed by atoms with Crippen LogP contribution in [0.5, 0.6) is 5.75 Å². The highest BCUT2D eigenvalue weighted by atomic mass is 19.4. The van der Waals surface area contributed by atoms with Gasteiger partial charge in [0.25, 0.3) is 5.91 Å². The van der Waals surface area contributed by atoms with Gasteiger partial charge in [0.2, 0.25) is 0 Å². The number of carbonyl (C=O) groups excluding carboxylic acids is 1. The van der Waals surface area contributed by atoms with Crippen molar-refractivity contribution in [3.63, 3.8) is 0 Å². The lowest BCUT2D eigenvalue weighted by atomic mass is 9.99. The van der Waals surface area contributed by atoms with Crippen molar-refractivity contribution in [2.45, 2.75) is 71.8 Å². The number of piperidine rings is 1. The minimum absolute atomic E-state index is 0.0813. The van der Waals surface area contributed by atoms with E-state index in [9.17, 15) is 18.0 Å². The molecule has 1 N–H and O–H groups in total. The summed E-state index contributed by atoms with van der Waals surface area (Å²) in [6.07, 6.45) is 1.95. The number of benzene rings is 1. The SMILES string of the molecule is COc1ccc(N(Cc2cnccc2C)C2CCN(C(C)CCNC(=O)c3c(C)cc(C(F)(F)F)nc3C)CC2)cc1. The number of hydrogen-bond acceptors (Lipinski definition) is 6. The predicted molar refractivity (Wildman–Crippen MR) is 158 cm³/mol. The minimum Gasteiger partial charge on any atom is -0.497 e. The molecule has 1 aliphatic heterocycles. The summed E-state index contributed by atoms with van der Waals surface area (Å²) in [5.41, 5.74) is 3.15. The largest absolute Gasteiger partial charge is 0.497 e. The molecule has 4 rings (SSSR count). The Labute approximate surface area is 246 Å². The Morgan fingerprint density at radius 2 is 1.81 bits per heavy atom. The molecule has 2 aromatic heterocycles. The highest BCUT2D eigenvalue weighted by Gasteiger charge is 2.34. The van der Waals surface area contributed by atoms with Gasteiger partial charge in [-0.3, -0.25) is 9.78 Å². The van der Waals surface area contributed by atoms with E-state index in [-0.39, 0.29) is 22.9 Å². The molecule has 1 aliphatic rings. The van der Waals surface area contributed by atoms with Crippen molar-refractivity contribution in [2.24, 2.45) is 0 Å². The number of rotatable bonds is 10. The van der Waals surface area contributed by atoms with E-state index in [1.807, 2.05) is 30.6 Å². The Hall–Kier alpha value is -3.66. The molecule has 0 aliphatic carbocycles. The summed E-state index contributed by atoms with van der Waals surface area (Å²) in [5.74, 6) is 0.435. The number of ether oxygens (including phenoxy) is 1. The Balaban J connectivity index is 1.34. The van der Waals surface area contributed by atoms with Gasteiger partial charge in [-0.1, -0.05) is 0 Å². The van der Waals surface area contributed by atoms with Crippen molar-refractivity contribution < 1.29 is 22.7 Å². The third-order valence-electron chi connectivity index (χ3n) is 8.22. The highest BCUT2D eigenvalue weighted by molar-refractivity contribution is 5.96. The molecule has 0 saturated carbocycles. The molecule has 1 amide bonds. The van der Waals surface area contributed by atoms with Crippen LogP contribution in [-0.2, 0) is 12.7 Å². The van der Waals surface area contributed by atoms with Crippen LogP contribution in [0.1, 0.15) is 64.6 Å². The summed E-state index contributed by atoms with van der Waals surface area (Å²) in [5, 5.41) is 2.89. The van der Waals surface area contributed by atoms with E-state index in [2.05, 4.69) is 51.1 Å². The Morgan fingerprint density at radius 3 is 2.40 bits per heavy atom. The lowest BCUT2D eigenvalue weighted by molar-refractivity contribution is -0.141. The van der Waals surface area contributed by atoms with Crippen LogP contribution in [-0.4, -0.2) is 59.6 Å². The van der Waals surface area contributed by atoms with Crippen molar-refractivity contribution >= 4 is 11.6 Å². The average molecular weight is 584 g/mol. The fraction of sp³-hybridized carbons (Fsp3) is 0.469. The molecule has 1 saturated heterocycles. The molecule has 3 aromatic rings. The number of likely N-dealkylation sites (tertiary alicyclic amines) is 1. The quantitative estimate of drug-likeness (QED) is 0.311. The number of pyridine rings is 2. The molecular formula is C32H40F3N5O2. The lowest BCUT2D eigenvalue weighted by Gasteiger charge is -2.42. The highest BCUT2D eigenvalue weighted by Crippen LogP contribution is 2.30. The maximum absolute atomic E-state index is 13.1. The number of anilines is 1. The summed E-state index contributed by atoms with van der Waals surface area (Å²) in [6, 6.07) is 11.8. The van der Waals surface area contributed by atoms with Gasteiger partial charge in [-0.15, -0.1) is 0 Å². The van der Waals surface area contributed by atoms with Crippen molar-refractivity contribution in [3.8, 4) is 5.75 Å². The van der Waals surface area contributed by atoms with E-state index in [1.165, 1.54) is 25.0 Å². The van der Waals surface area contributed by atoms with Gasteiger partial charge in [0.15, 0.2) is 0 Å². The van der Waals surface area contributed by atoms with Crippen molar-refractivity contribution in [3.05, 3.63) is 82.4 Å². The van der Waals surface area contributed by atoms with Crippen LogP contribution in [0.3, 0.4) is 0 Å². The molecule has 1 unspecified atom stereocenters. The van der Waals surface area contributed by atoms with Gasteiger partial charge in [0.05, 0.1) is 18.4 Å². The van der Waals surface area contributed by atoms with Gasteiger partial charge in [-0.05, 0) is 100 Å². The van der Waals surface area contributed by atoms with Gasteiger partial charge in [0.1, 0.15) is 11.4 Å². The van der Waals surface area contributed by atoms with Gasteiger partial charge < -0.3 is 19.9 Å². The Bertz CT molecular complexity index is 1330. The third-order valence-corrected chi connectivity index (χ3v) is 8.22. The smallest absolute Gasteiger partial charge is 0.433 e. The van der Waals surface area contributed by atoms with Crippen LogP contribution in [0, 0.1) is 20.8 Å². The molecular weight excluding hydrogens is 543 g/mol. The number of alkyl halides is 3. The first-order valence-electron chi connectivity index (χ1n) is 14.4. The number of aromatic nitrogens is 2. The molecule has 7 nitrogen and oxygen atoms in total. The van der Waals surface area contributed by atoms with Crippen molar-refractivity contribution in [1.82, 2.24) is 20.2 Å². The molecule has 3 heterocycles. The number of methoxy groups -OCH3 is 1. The number of nitrogens with zero attached hydrogens (tertiary/aromatic N) is 4. The van der Waals surface area contributed by atoms with E-state index in [0.717, 1.165) is 56.4 Å². The summed E-state index contributed by atoms with van der Waals surface area (Å²) in [4.78, 5) is 25.7. The maximum Gasteiger partial charge on any atom is 0.433 e. The monoisotopic (exact) mass is 583 g/mol. The zero-order chi connectivity index (χ0) is 30.4. The average Bonchev–Trinajstić information content (AvgIpc) is 2.96. The van der Waals surface area contributed by atoms with Gasteiger partial charge >= 0.3 is 6.18 Å². The van der Waals surface area contributed by atoms with Crippen LogP contribution in [0.15, 0.2) is 48.8 Å². The summed E-state index contributed by atoms with van der Waals surface area (Å²) < 4.78 is 44.6. The summed E-state index contributed by atoms with van der Waals surface area (Å²) in [7, 11) is 1.67. The minimum atomic E-state index is -4.54. The van der Waals surface area contributed by atoms with Crippen LogP contribution in [0.25, 0.3) is 0 Å². The molecule has 0 radical (unpaired) electrons. The van der Waals surface area contributed by atoms with Crippen LogP contribution >= 0.6 is 0 Å².